The first kappa shape index (κ1) is 16.9. The van der Waals surface area contributed by atoms with Crippen LogP contribution in [0.2, 0.25) is 0 Å². The molecule has 112 valence electrons. The molecule has 6 N–H and O–H groups in total. The van der Waals surface area contributed by atoms with Crippen molar-refractivity contribution in [2.45, 2.75) is 24.5 Å². The average Bonchev–Trinajstić information content (AvgIpc) is 2.45. The number of benzene rings is 1. The molecule has 0 heterocycles. The minimum atomic E-state index is -1.12. The third-order valence-corrected chi connectivity index (χ3v) is 4.12. The molecule has 0 unspecified atom stereocenters. The lowest BCUT2D eigenvalue weighted by Gasteiger charge is -2.24. The summed E-state index contributed by atoms with van der Waals surface area (Å²) in [7, 11) is 0. The van der Waals surface area contributed by atoms with E-state index in [2.05, 4.69) is 5.43 Å². The summed E-state index contributed by atoms with van der Waals surface area (Å²) in [5.74, 6) is 3.91. The van der Waals surface area contributed by atoms with Crippen molar-refractivity contribution in [1.29, 1.82) is 5.26 Å². The van der Waals surface area contributed by atoms with Crippen LogP contribution in [0.25, 0.3) is 0 Å². The molecule has 0 aromatic heterocycles. The van der Waals surface area contributed by atoms with E-state index in [4.69, 9.17) is 21.9 Å². The highest BCUT2D eigenvalue weighted by atomic mass is 32.2. The Morgan fingerprint density at radius 2 is 2.00 bits per heavy atom. The molecule has 1 aromatic rings. The van der Waals surface area contributed by atoms with Crippen molar-refractivity contribution in [3.05, 3.63) is 46.6 Å². The summed E-state index contributed by atoms with van der Waals surface area (Å²) >= 11 is 1.38. The number of nitrogens with one attached hydrogen (secondary N) is 1. The molecule has 2 rings (SSSR count). The lowest BCUT2D eigenvalue weighted by Crippen LogP contribution is -2.30. The zero-order chi connectivity index (χ0) is 15.7. The van der Waals surface area contributed by atoms with Crippen LogP contribution in [0, 0.1) is 11.3 Å². The van der Waals surface area contributed by atoms with Crippen LogP contribution < -0.4 is 17.0 Å². The summed E-state index contributed by atoms with van der Waals surface area (Å²) in [5, 5.41) is 17.7. The number of hydrazine groups is 1. The van der Waals surface area contributed by atoms with Gasteiger partial charge in [0.15, 0.2) is 5.70 Å². The van der Waals surface area contributed by atoms with Gasteiger partial charge in [0.2, 0.25) is 0 Å². The van der Waals surface area contributed by atoms with Crippen molar-refractivity contribution in [2.24, 2.45) is 11.6 Å². The summed E-state index contributed by atoms with van der Waals surface area (Å²) in [6, 6.07) is 11.2. The van der Waals surface area contributed by atoms with Gasteiger partial charge in [-0.2, -0.15) is 5.26 Å². The average molecular weight is 306 g/mol. The SMILES string of the molecule is N#Cc1ccccc1.NN/C(C(=O)O)=C(\N)SC1CCC1. The number of rotatable bonds is 4. The molecule has 1 aliphatic carbocycles. The molecule has 6 nitrogen and oxygen atoms in total. The molecular weight excluding hydrogens is 288 g/mol. The predicted molar refractivity (Wildman–Crippen MR) is 82.6 cm³/mol. The van der Waals surface area contributed by atoms with E-state index >= 15 is 0 Å². The number of aliphatic carboxylic acids is 1. The Balaban J connectivity index is 0.000000235. The van der Waals surface area contributed by atoms with Gasteiger partial charge in [0.05, 0.1) is 16.7 Å². The van der Waals surface area contributed by atoms with Crippen molar-refractivity contribution in [3.8, 4) is 6.07 Å². The zero-order valence-electron chi connectivity index (χ0n) is 11.5. The molecule has 1 aromatic carbocycles. The van der Waals surface area contributed by atoms with Crippen LogP contribution in [0.3, 0.4) is 0 Å². The van der Waals surface area contributed by atoms with E-state index in [1.165, 1.54) is 18.2 Å². The molecule has 0 spiro atoms. The third-order valence-electron chi connectivity index (χ3n) is 2.85. The molecule has 7 heteroatoms. The number of nitrogens with zero attached hydrogens (tertiary/aromatic N) is 1. The fraction of sp³-hybridized carbons (Fsp3) is 0.286. The Morgan fingerprint density at radius 1 is 1.38 bits per heavy atom. The second-order valence-electron chi connectivity index (χ2n) is 4.34. The molecule has 0 saturated heterocycles. The molecule has 1 saturated carbocycles. The maximum Gasteiger partial charge on any atom is 0.356 e. The number of carboxylic acids is 1. The standard InChI is InChI=1S/C7H13N3O2S.C7H5N/c8-6(5(10-9)7(11)12)13-4-2-1-3-4;8-6-7-4-2-1-3-5-7/h4,10H,1-3,8-9H2,(H,11,12);1-5H/b6-5+;. The highest BCUT2D eigenvalue weighted by Gasteiger charge is 2.21. The Hall–Kier alpha value is -2.17. The fourth-order valence-corrected chi connectivity index (χ4v) is 2.67. The number of carboxylic acid groups (broad SMARTS) is 1. The van der Waals surface area contributed by atoms with E-state index in [0.717, 1.165) is 12.8 Å². The number of nitriles is 1. The number of hydrogen-bond acceptors (Lipinski definition) is 6. The Labute approximate surface area is 127 Å². The molecule has 0 atom stereocenters. The fourth-order valence-electron chi connectivity index (χ4n) is 1.48. The Kier molecular flexibility index (Phi) is 7.15. The number of hydrogen-bond donors (Lipinski definition) is 4. The highest BCUT2D eigenvalue weighted by molar-refractivity contribution is 8.03. The van der Waals surface area contributed by atoms with Gasteiger partial charge in [0.25, 0.3) is 0 Å². The second-order valence-corrected chi connectivity index (χ2v) is 5.68. The Morgan fingerprint density at radius 3 is 2.33 bits per heavy atom. The zero-order valence-corrected chi connectivity index (χ0v) is 12.3. The van der Waals surface area contributed by atoms with Gasteiger partial charge in [0, 0.05) is 5.25 Å². The van der Waals surface area contributed by atoms with Crippen LogP contribution in [0.15, 0.2) is 41.1 Å². The van der Waals surface area contributed by atoms with Crippen molar-refractivity contribution >= 4 is 17.7 Å². The van der Waals surface area contributed by atoms with Crippen LogP contribution in [0.1, 0.15) is 24.8 Å². The van der Waals surface area contributed by atoms with Gasteiger partial charge in [-0.05, 0) is 25.0 Å². The molecule has 0 radical (unpaired) electrons. The first-order valence-corrected chi connectivity index (χ1v) is 7.28. The summed E-state index contributed by atoms with van der Waals surface area (Å²) in [5.41, 5.74) is 8.25. The smallest absolute Gasteiger partial charge is 0.356 e. The van der Waals surface area contributed by atoms with Gasteiger partial charge in [-0.15, -0.1) is 11.8 Å². The van der Waals surface area contributed by atoms with Crippen molar-refractivity contribution < 1.29 is 9.90 Å². The minimum Gasteiger partial charge on any atom is -0.476 e. The van der Waals surface area contributed by atoms with Gasteiger partial charge in [0.1, 0.15) is 0 Å². The van der Waals surface area contributed by atoms with Gasteiger partial charge < -0.3 is 16.3 Å². The molecule has 1 aliphatic rings. The summed E-state index contributed by atoms with van der Waals surface area (Å²) in [4.78, 5) is 10.6. The van der Waals surface area contributed by atoms with E-state index in [0.29, 0.717) is 10.8 Å². The number of thioether (sulfide) groups is 1. The quantitative estimate of drug-likeness (QED) is 0.377. The second kappa shape index (κ2) is 8.89. The molecule has 1 fully saturated rings. The minimum absolute atomic E-state index is 0.114. The largest absolute Gasteiger partial charge is 0.476 e. The van der Waals surface area contributed by atoms with Crippen LogP contribution >= 0.6 is 11.8 Å². The van der Waals surface area contributed by atoms with E-state index in [1.807, 2.05) is 24.3 Å². The summed E-state index contributed by atoms with van der Waals surface area (Å²) in [6.45, 7) is 0. The maximum absolute atomic E-state index is 10.6. The van der Waals surface area contributed by atoms with Crippen LogP contribution in [0.5, 0.6) is 0 Å². The van der Waals surface area contributed by atoms with Crippen LogP contribution in [-0.4, -0.2) is 16.3 Å². The van der Waals surface area contributed by atoms with Crippen molar-refractivity contribution in [3.63, 3.8) is 0 Å². The summed E-state index contributed by atoms with van der Waals surface area (Å²) < 4.78 is 0. The normalized spacial score (nSPS) is 14.7. The van der Waals surface area contributed by atoms with Gasteiger partial charge in [-0.3, -0.25) is 5.84 Å². The Bertz CT molecular complexity index is 536. The van der Waals surface area contributed by atoms with Gasteiger partial charge >= 0.3 is 5.97 Å². The van der Waals surface area contributed by atoms with Crippen LogP contribution in [0.4, 0.5) is 0 Å². The molecule has 0 bridgehead atoms. The predicted octanol–water partition coefficient (Wildman–Crippen LogP) is 1.51. The number of nitrogens with two attached hydrogens (primary N) is 2. The first-order chi connectivity index (χ1) is 10.1. The monoisotopic (exact) mass is 306 g/mol. The maximum atomic E-state index is 10.6. The van der Waals surface area contributed by atoms with Gasteiger partial charge in [-0.25, -0.2) is 4.79 Å². The molecule has 21 heavy (non-hydrogen) atoms. The third kappa shape index (κ3) is 5.77. The van der Waals surface area contributed by atoms with E-state index < -0.39 is 5.97 Å². The van der Waals surface area contributed by atoms with Crippen molar-refractivity contribution in [2.75, 3.05) is 0 Å². The van der Waals surface area contributed by atoms with E-state index in [1.54, 1.807) is 12.1 Å². The molecule has 0 aliphatic heterocycles. The topological polar surface area (TPSA) is 125 Å². The summed E-state index contributed by atoms with van der Waals surface area (Å²) in [6.07, 6.45) is 3.40. The van der Waals surface area contributed by atoms with Gasteiger partial charge in [-0.1, -0.05) is 24.6 Å². The first-order valence-electron chi connectivity index (χ1n) is 6.40. The van der Waals surface area contributed by atoms with Crippen molar-refractivity contribution in [1.82, 2.24) is 5.43 Å². The highest BCUT2D eigenvalue weighted by Crippen LogP contribution is 2.34. The van der Waals surface area contributed by atoms with Crippen LogP contribution in [-0.2, 0) is 4.79 Å². The van der Waals surface area contributed by atoms with E-state index in [9.17, 15) is 4.79 Å². The molecule has 0 amide bonds. The molecular formula is C14H18N4O2S. The van der Waals surface area contributed by atoms with E-state index in [-0.39, 0.29) is 10.7 Å². The lowest BCUT2D eigenvalue weighted by molar-refractivity contribution is -0.133. The number of carbonyl (C=O) groups is 1. The lowest BCUT2D eigenvalue weighted by atomic mass is 10.0.